The third kappa shape index (κ3) is 8.07. The van der Waals surface area contributed by atoms with Crippen LogP contribution in [0, 0.1) is 6.92 Å². The fourth-order valence-electron chi connectivity index (χ4n) is 4.03. The van der Waals surface area contributed by atoms with Crippen molar-refractivity contribution in [3.8, 4) is 5.75 Å². The predicted octanol–water partition coefficient (Wildman–Crippen LogP) is 6.10. The summed E-state index contributed by atoms with van der Waals surface area (Å²) < 4.78 is 34.4. The summed E-state index contributed by atoms with van der Waals surface area (Å²) in [6, 6.07) is 14.4. The lowest BCUT2D eigenvalue weighted by molar-refractivity contribution is -0.139. The molecule has 0 saturated carbocycles. The number of amides is 2. The molecule has 3 aromatic carbocycles. The Morgan fingerprint density at radius 3 is 2.12 bits per heavy atom. The number of benzene rings is 3. The number of methoxy groups -OCH3 is 1. The molecule has 3 rings (SSSR count). The summed E-state index contributed by atoms with van der Waals surface area (Å²) >= 11 is 18.7. The van der Waals surface area contributed by atoms with E-state index < -0.39 is 34.4 Å². The number of halogens is 3. The topological polar surface area (TPSA) is 96.0 Å². The first-order valence-corrected chi connectivity index (χ1v) is 15.3. The average Bonchev–Trinajstić information content (AvgIpc) is 2.90. The molecule has 0 aromatic heterocycles. The number of aryl methyl sites for hydroxylation is 1. The Morgan fingerprint density at radius 1 is 0.927 bits per heavy atom. The highest BCUT2D eigenvalue weighted by atomic mass is 35.5. The van der Waals surface area contributed by atoms with Crippen molar-refractivity contribution < 1.29 is 22.7 Å². The van der Waals surface area contributed by atoms with Crippen molar-refractivity contribution in [1.82, 2.24) is 10.2 Å². The van der Waals surface area contributed by atoms with Gasteiger partial charge in [-0.3, -0.25) is 13.9 Å². The van der Waals surface area contributed by atoms with Gasteiger partial charge in [0.25, 0.3) is 10.0 Å². The number of carbonyl (C=O) groups is 2. The molecule has 8 nitrogen and oxygen atoms in total. The third-order valence-corrected chi connectivity index (χ3v) is 8.85. The molecule has 1 atom stereocenters. The number of carbonyl (C=O) groups excluding carboxylic acids is 2. The molecule has 0 fully saturated rings. The zero-order chi connectivity index (χ0) is 30.5. The van der Waals surface area contributed by atoms with E-state index in [2.05, 4.69) is 5.32 Å². The van der Waals surface area contributed by atoms with Crippen LogP contribution >= 0.6 is 34.8 Å². The molecule has 0 aliphatic carbocycles. The highest BCUT2D eigenvalue weighted by molar-refractivity contribution is 7.92. The van der Waals surface area contributed by atoms with E-state index in [-0.39, 0.29) is 33.9 Å². The molecule has 12 heteroatoms. The fraction of sp³-hybridized carbons (Fsp3) is 0.310. The number of anilines is 1. The zero-order valence-electron chi connectivity index (χ0n) is 23.3. The van der Waals surface area contributed by atoms with Crippen LogP contribution in [0.4, 0.5) is 5.69 Å². The molecule has 0 aliphatic heterocycles. The van der Waals surface area contributed by atoms with Gasteiger partial charge in [-0.1, -0.05) is 58.6 Å². The van der Waals surface area contributed by atoms with E-state index in [4.69, 9.17) is 39.5 Å². The van der Waals surface area contributed by atoms with Gasteiger partial charge in [-0.2, -0.15) is 0 Å². The van der Waals surface area contributed by atoms with Crippen molar-refractivity contribution in [3.63, 3.8) is 0 Å². The van der Waals surface area contributed by atoms with Gasteiger partial charge in [0.1, 0.15) is 18.3 Å². The summed E-state index contributed by atoms with van der Waals surface area (Å²) in [6.07, 6.45) is 0. The minimum Gasteiger partial charge on any atom is -0.495 e. The lowest BCUT2D eigenvalue weighted by atomic mass is 10.1. The number of hydrogen-bond donors (Lipinski definition) is 1. The Labute approximate surface area is 256 Å². The maximum atomic E-state index is 14.1. The minimum atomic E-state index is -4.30. The summed E-state index contributed by atoms with van der Waals surface area (Å²) in [5.41, 5.74) is 1.46. The highest BCUT2D eigenvalue weighted by Crippen LogP contribution is 2.35. The van der Waals surface area contributed by atoms with E-state index in [1.54, 1.807) is 51.1 Å². The molecule has 0 aliphatic rings. The lowest BCUT2D eigenvalue weighted by Crippen LogP contribution is -2.52. The Bertz CT molecular complexity index is 1510. The van der Waals surface area contributed by atoms with Gasteiger partial charge in [0, 0.05) is 27.7 Å². The van der Waals surface area contributed by atoms with Gasteiger partial charge in [-0.05, 0) is 75.7 Å². The zero-order valence-corrected chi connectivity index (χ0v) is 26.4. The molecular weight excluding hydrogens is 609 g/mol. The largest absolute Gasteiger partial charge is 0.495 e. The Kier molecular flexibility index (Phi) is 10.9. The van der Waals surface area contributed by atoms with Crippen LogP contribution in [0.3, 0.4) is 0 Å². The maximum absolute atomic E-state index is 14.1. The summed E-state index contributed by atoms with van der Waals surface area (Å²) in [6.45, 7) is 6.27. The predicted molar refractivity (Wildman–Crippen MR) is 163 cm³/mol. The summed E-state index contributed by atoms with van der Waals surface area (Å²) in [7, 11) is -2.91. The molecule has 2 amide bonds. The summed E-state index contributed by atoms with van der Waals surface area (Å²) in [4.78, 5) is 28.4. The monoisotopic (exact) mass is 639 g/mol. The maximum Gasteiger partial charge on any atom is 0.264 e. The molecule has 0 unspecified atom stereocenters. The molecule has 0 spiro atoms. The first-order chi connectivity index (χ1) is 19.2. The molecule has 0 saturated heterocycles. The van der Waals surface area contributed by atoms with Crippen LogP contribution in [0.2, 0.25) is 15.1 Å². The molecular formula is C29H32Cl3N3O5S. The second-order valence-corrected chi connectivity index (χ2v) is 12.9. The number of ether oxygens (including phenoxy) is 1. The Hall–Kier alpha value is -2.98. The molecule has 1 N–H and O–H groups in total. The molecule has 41 heavy (non-hydrogen) atoms. The van der Waals surface area contributed by atoms with Gasteiger partial charge in [0.2, 0.25) is 11.8 Å². The van der Waals surface area contributed by atoms with Crippen molar-refractivity contribution in [2.45, 2.75) is 51.2 Å². The molecule has 3 aromatic rings. The molecule has 0 radical (unpaired) electrons. The van der Waals surface area contributed by atoms with E-state index in [0.29, 0.717) is 15.6 Å². The van der Waals surface area contributed by atoms with Crippen LogP contribution in [-0.4, -0.2) is 50.9 Å². The smallest absolute Gasteiger partial charge is 0.264 e. The summed E-state index contributed by atoms with van der Waals surface area (Å²) in [5.74, 6) is -0.873. The van der Waals surface area contributed by atoms with E-state index in [9.17, 15) is 18.0 Å². The van der Waals surface area contributed by atoms with Gasteiger partial charge >= 0.3 is 0 Å². The van der Waals surface area contributed by atoms with Gasteiger partial charge in [0.15, 0.2) is 0 Å². The Morgan fingerprint density at radius 2 is 1.54 bits per heavy atom. The standard InChI is InChI=1S/C29H32Cl3N3O5S/c1-18(2)33-29(37)20(4)34(16-21-8-9-22(30)14-25(21)32)28(36)17-35(26-15-23(31)10-13-27(26)40-5)41(38,39)24-11-6-19(3)7-12-24/h6-15,18,20H,16-17H2,1-5H3,(H,33,37)/t20-/m0/s1. The molecule has 0 heterocycles. The van der Waals surface area contributed by atoms with E-state index in [1.807, 2.05) is 6.92 Å². The van der Waals surface area contributed by atoms with Crippen molar-refractivity contribution >= 4 is 62.3 Å². The van der Waals surface area contributed by atoms with Crippen LogP contribution in [0.25, 0.3) is 0 Å². The van der Waals surface area contributed by atoms with E-state index in [0.717, 1.165) is 9.87 Å². The van der Waals surface area contributed by atoms with E-state index in [1.165, 1.54) is 42.3 Å². The fourth-order valence-corrected chi connectivity index (χ4v) is 6.08. The second-order valence-electron chi connectivity index (χ2n) is 9.74. The normalized spacial score (nSPS) is 12.1. The van der Waals surface area contributed by atoms with Crippen LogP contribution < -0.4 is 14.4 Å². The van der Waals surface area contributed by atoms with Gasteiger partial charge in [0.05, 0.1) is 17.7 Å². The van der Waals surface area contributed by atoms with Crippen LogP contribution in [0.15, 0.2) is 65.6 Å². The van der Waals surface area contributed by atoms with Gasteiger partial charge in [-0.25, -0.2) is 8.42 Å². The van der Waals surface area contributed by atoms with Crippen LogP contribution in [-0.2, 0) is 26.2 Å². The second kappa shape index (κ2) is 13.8. The SMILES string of the molecule is COc1ccc(Cl)cc1N(CC(=O)N(Cc1ccc(Cl)cc1Cl)[C@@H](C)C(=O)NC(C)C)S(=O)(=O)c1ccc(C)cc1. The van der Waals surface area contributed by atoms with E-state index >= 15 is 0 Å². The highest BCUT2D eigenvalue weighted by Gasteiger charge is 2.34. The van der Waals surface area contributed by atoms with Crippen molar-refractivity contribution in [3.05, 3.63) is 86.9 Å². The van der Waals surface area contributed by atoms with Gasteiger partial charge < -0.3 is 15.0 Å². The average molecular weight is 641 g/mol. The number of sulfonamides is 1. The molecule has 220 valence electrons. The van der Waals surface area contributed by atoms with Crippen LogP contribution in [0.5, 0.6) is 5.75 Å². The first-order valence-electron chi connectivity index (χ1n) is 12.7. The number of nitrogens with zero attached hydrogens (tertiary/aromatic N) is 2. The van der Waals surface area contributed by atoms with Crippen molar-refractivity contribution in [1.29, 1.82) is 0 Å². The number of nitrogens with one attached hydrogen (secondary N) is 1. The van der Waals surface area contributed by atoms with Gasteiger partial charge in [-0.15, -0.1) is 0 Å². The van der Waals surface area contributed by atoms with Crippen LogP contribution in [0.1, 0.15) is 31.9 Å². The third-order valence-electron chi connectivity index (χ3n) is 6.25. The number of hydrogen-bond acceptors (Lipinski definition) is 5. The quantitative estimate of drug-likeness (QED) is 0.273. The Balaban J connectivity index is 2.12. The van der Waals surface area contributed by atoms with Crippen molar-refractivity contribution in [2.24, 2.45) is 0 Å². The minimum absolute atomic E-state index is 0.0316. The van der Waals surface area contributed by atoms with Crippen molar-refractivity contribution in [2.75, 3.05) is 18.0 Å². The number of rotatable bonds is 11. The summed E-state index contributed by atoms with van der Waals surface area (Å²) in [5, 5.41) is 3.75. The molecule has 0 bridgehead atoms. The first kappa shape index (κ1) is 32.5. The lowest BCUT2D eigenvalue weighted by Gasteiger charge is -2.33.